The zero-order chi connectivity index (χ0) is 48.6. The molecule has 6 nitrogen and oxygen atoms in total. The largest absolute Gasteiger partial charge is 0.462 e. The first-order valence-electron chi connectivity index (χ1n) is 29.8. The van der Waals surface area contributed by atoms with E-state index in [1.54, 1.807) is 0 Å². The van der Waals surface area contributed by atoms with Crippen LogP contribution in [-0.4, -0.2) is 37.2 Å². The Labute approximate surface area is 417 Å². The number of hydrogen-bond donors (Lipinski definition) is 0. The first-order valence-corrected chi connectivity index (χ1v) is 29.8. The highest BCUT2D eigenvalue weighted by Gasteiger charge is 2.19. The first kappa shape index (κ1) is 64.9. The first-order chi connectivity index (χ1) is 33.0. The molecule has 6 heteroatoms. The Kier molecular flexibility index (Phi) is 54.7. The molecule has 0 aromatic carbocycles. The minimum atomic E-state index is -0.772. The van der Waals surface area contributed by atoms with Crippen LogP contribution in [0.25, 0.3) is 0 Å². The van der Waals surface area contributed by atoms with Crippen LogP contribution in [0.1, 0.15) is 329 Å². The van der Waals surface area contributed by atoms with Gasteiger partial charge in [0.25, 0.3) is 0 Å². The molecule has 1 atom stereocenters. The van der Waals surface area contributed by atoms with Gasteiger partial charge in [-0.2, -0.15) is 0 Å². The summed E-state index contributed by atoms with van der Waals surface area (Å²) in [5.74, 6) is -0.861. The second-order valence-corrected chi connectivity index (χ2v) is 20.3. The molecule has 0 N–H and O–H groups in total. The Hall–Kier alpha value is -2.11. The minimum absolute atomic E-state index is 0.0700. The highest BCUT2D eigenvalue weighted by molar-refractivity contribution is 5.71. The summed E-state index contributed by atoms with van der Waals surface area (Å²) in [5.41, 5.74) is 0. The minimum Gasteiger partial charge on any atom is -0.462 e. The van der Waals surface area contributed by atoms with E-state index in [4.69, 9.17) is 14.2 Å². The lowest BCUT2D eigenvalue weighted by Gasteiger charge is -2.18. The van der Waals surface area contributed by atoms with E-state index < -0.39 is 6.10 Å². The van der Waals surface area contributed by atoms with Gasteiger partial charge in [-0.1, -0.05) is 289 Å². The van der Waals surface area contributed by atoms with Crippen LogP contribution < -0.4 is 0 Å². The molecule has 0 aliphatic heterocycles. The zero-order valence-electron chi connectivity index (χ0n) is 45.2. The predicted molar refractivity (Wildman–Crippen MR) is 289 cm³/mol. The van der Waals surface area contributed by atoms with Crippen LogP contribution in [0, 0.1) is 0 Å². The van der Waals surface area contributed by atoms with Crippen LogP contribution in [0.3, 0.4) is 0 Å². The van der Waals surface area contributed by atoms with Gasteiger partial charge in [0.1, 0.15) is 13.2 Å². The summed E-state index contributed by atoms with van der Waals surface area (Å²) in [6.45, 7) is 6.62. The average molecular weight is 944 g/mol. The maximum Gasteiger partial charge on any atom is 0.306 e. The topological polar surface area (TPSA) is 78.9 Å². The van der Waals surface area contributed by atoms with Crippen molar-refractivity contribution < 1.29 is 28.6 Å². The van der Waals surface area contributed by atoms with Gasteiger partial charge in [-0.05, 0) is 44.9 Å². The van der Waals surface area contributed by atoms with E-state index in [0.29, 0.717) is 19.3 Å². The Morgan fingerprint density at radius 2 is 0.567 bits per heavy atom. The monoisotopic (exact) mass is 943 g/mol. The number of allylic oxidation sites excluding steroid dienone is 4. The summed E-state index contributed by atoms with van der Waals surface area (Å²) in [6, 6.07) is 0. The number of esters is 3. The number of rotatable bonds is 55. The van der Waals surface area contributed by atoms with Crippen molar-refractivity contribution in [3.8, 4) is 0 Å². The van der Waals surface area contributed by atoms with Crippen molar-refractivity contribution in [2.45, 2.75) is 335 Å². The van der Waals surface area contributed by atoms with E-state index >= 15 is 0 Å². The van der Waals surface area contributed by atoms with E-state index in [9.17, 15) is 14.4 Å². The summed E-state index contributed by atoms with van der Waals surface area (Å²) < 4.78 is 16.9. The molecule has 0 saturated heterocycles. The Morgan fingerprint density at radius 1 is 0.299 bits per heavy atom. The van der Waals surface area contributed by atoms with Crippen LogP contribution in [0.4, 0.5) is 0 Å². The van der Waals surface area contributed by atoms with Crippen LogP contribution in [0.2, 0.25) is 0 Å². The highest BCUT2D eigenvalue weighted by Crippen LogP contribution is 2.17. The summed E-state index contributed by atoms with van der Waals surface area (Å²) in [5, 5.41) is 0. The molecular weight excluding hydrogens is 829 g/mol. The number of ether oxygens (including phenoxy) is 3. The predicted octanol–water partition coefficient (Wildman–Crippen LogP) is 19.9. The normalized spacial score (nSPS) is 12.1. The molecule has 0 amide bonds. The molecular formula is C61H114O6. The van der Waals surface area contributed by atoms with Crippen molar-refractivity contribution >= 4 is 17.9 Å². The van der Waals surface area contributed by atoms with Crippen LogP contribution >= 0.6 is 0 Å². The Morgan fingerprint density at radius 3 is 0.881 bits per heavy atom. The quantitative estimate of drug-likeness (QED) is 0.0262. The number of unbranched alkanes of at least 4 members (excludes halogenated alkanes) is 40. The summed E-state index contributed by atoms with van der Waals surface area (Å²) in [6.07, 6.45) is 66.0. The molecule has 0 heterocycles. The van der Waals surface area contributed by atoms with Gasteiger partial charge in [0.05, 0.1) is 0 Å². The molecule has 0 radical (unpaired) electrons. The molecule has 1 unspecified atom stereocenters. The standard InChI is InChI=1S/C61H114O6/c1-4-7-10-13-16-19-22-25-27-29-30-31-32-34-36-39-42-45-48-51-54-60(63)66-57-58(56-65-59(62)53-50-47-44-41-38-35-24-21-18-15-12-9-6-3)67-61(64)55-52-49-46-43-40-37-33-28-26-23-20-17-14-11-8-5-2/h12,15,21,24,58H,4-11,13-14,16-20,22-23,25-57H2,1-3H3/b15-12-,24-21-. The van der Waals surface area contributed by atoms with Gasteiger partial charge in [-0.25, -0.2) is 0 Å². The van der Waals surface area contributed by atoms with E-state index in [1.165, 1.54) is 205 Å². The van der Waals surface area contributed by atoms with Gasteiger partial charge in [0, 0.05) is 19.3 Å². The third kappa shape index (κ3) is 54.7. The number of carbonyl (C=O) groups is 3. The van der Waals surface area contributed by atoms with Crippen molar-refractivity contribution in [3.63, 3.8) is 0 Å². The van der Waals surface area contributed by atoms with Crippen molar-refractivity contribution in [1.82, 2.24) is 0 Å². The van der Waals surface area contributed by atoms with Crippen molar-refractivity contribution in [2.75, 3.05) is 13.2 Å². The second-order valence-electron chi connectivity index (χ2n) is 20.3. The average Bonchev–Trinajstić information content (AvgIpc) is 3.33. The third-order valence-corrected chi connectivity index (χ3v) is 13.4. The molecule has 0 aromatic heterocycles. The fourth-order valence-corrected chi connectivity index (χ4v) is 8.95. The molecule has 0 bridgehead atoms. The van der Waals surface area contributed by atoms with Crippen LogP contribution in [-0.2, 0) is 28.6 Å². The van der Waals surface area contributed by atoms with Crippen LogP contribution in [0.5, 0.6) is 0 Å². The fourth-order valence-electron chi connectivity index (χ4n) is 8.95. The SMILES string of the molecule is CCC/C=C\C/C=C\CCCCCCCC(=O)OCC(COC(=O)CCCCCCCCCCCCCCCCCCCCCC)OC(=O)CCCCCCCCCCCCCCCCCC. The third-order valence-electron chi connectivity index (χ3n) is 13.4. The molecule has 0 aliphatic rings. The van der Waals surface area contributed by atoms with Crippen molar-refractivity contribution in [1.29, 1.82) is 0 Å². The molecule has 0 fully saturated rings. The number of hydrogen-bond acceptors (Lipinski definition) is 6. The van der Waals surface area contributed by atoms with Gasteiger partial charge < -0.3 is 14.2 Å². The summed E-state index contributed by atoms with van der Waals surface area (Å²) >= 11 is 0. The molecule has 67 heavy (non-hydrogen) atoms. The van der Waals surface area contributed by atoms with Gasteiger partial charge in [-0.15, -0.1) is 0 Å². The molecule has 0 rings (SSSR count). The maximum absolute atomic E-state index is 12.9. The lowest BCUT2D eigenvalue weighted by atomic mass is 10.0. The van der Waals surface area contributed by atoms with Gasteiger partial charge in [0.2, 0.25) is 0 Å². The Balaban J connectivity index is 4.28. The van der Waals surface area contributed by atoms with Gasteiger partial charge >= 0.3 is 17.9 Å². The number of carbonyl (C=O) groups excluding carboxylic acids is 3. The van der Waals surface area contributed by atoms with E-state index in [1.807, 2.05) is 0 Å². The smallest absolute Gasteiger partial charge is 0.306 e. The molecule has 394 valence electrons. The highest BCUT2D eigenvalue weighted by atomic mass is 16.6. The summed E-state index contributed by atoms with van der Waals surface area (Å²) in [4.78, 5) is 38.2. The maximum atomic E-state index is 12.9. The van der Waals surface area contributed by atoms with E-state index in [-0.39, 0.29) is 31.1 Å². The molecule has 0 aromatic rings. The summed E-state index contributed by atoms with van der Waals surface area (Å²) in [7, 11) is 0. The van der Waals surface area contributed by atoms with Crippen molar-refractivity contribution in [3.05, 3.63) is 24.3 Å². The lowest BCUT2D eigenvalue weighted by molar-refractivity contribution is -0.167. The zero-order valence-corrected chi connectivity index (χ0v) is 45.2. The van der Waals surface area contributed by atoms with Crippen LogP contribution in [0.15, 0.2) is 24.3 Å². The molecule has 0 saturated carbocycles. The van der Waals surface area contributed by atoms with Crippen molar-refractivity contribution in [2.24, 2.45) is 0 Å². The van der Waals surface area contributed by atoms with Gasteiger partial charge in [-0.3, -0.25) is 14.4 Å². The Bertz CT molecular complexity index is 1080. The van der Waals surface area contributed by atoms with E-state index in [2.05, 4.69) is 45.1 Å². The molecule has 0 aliphatic carbocycles. The molecule has 0 spiro atoms. The van der Waals surface area contributed by atoms with Gasteiger partial charge in [0.15, 0.2) is 6.10 Å². The second kappa shape index (κ2) is 56.5. The fraction of sp³-hybridized carbons (Fsp3) is 0.885. The van der Waals surface area contributed by atoms with E-state index in [0.717, 1.165) is 83.5 Å². The lowest BCUT2D eigenvalue weighted by Crippen LogP contribution is -2.30.